The highest BCUT2D eigenvalue weighted by Crippen LogP contribution is 2.11. The van der Waals surface area contributed by atoms with Gasteiger partial charge in [0.15, 0.2) is 0 Å². The Bertz CT molecular complexity index is 629. The molecule has 0 bridgehead atoms. The Morgan fingerprint density at radius 3 is 2.64 bits per heavy atom. The summed E-state index contributed by atoms with van der Waals surface area (Å²) >= 11 is 0. The Hall–Kier alpha value is -2.43. The topological polar surface area (TPSA) is 42.4 Å². The van der Waals surface area contributed by atoms with Crippen molar-refractivity contribution in [1.29, 1.82) is 0 Å². The number of amides is 1. The number of aromatic nitrogens is 1. The molecular formula is C17H19FN2O2. The number of ether oxygens (including phenoxy) is 1. The molecule has 0 saturated carbocycles. The summed E-state index contributed by atoms with van der Waals surface area (Å²) in [7, 11) is 0. The molecule has 0 saturated heterocycles. The number of aryl methyl sites for hydroxylation is 1. The van der Waals surface area contributed by atoms with Gasteiger partial charge in [-0.25, -0.2) is 4.39 Å². The van der Waals surface area contributed by atoms with Crippen LogP contribution in [0.1, 0.15) is 18.1 Å². The van der Waals surface area contributed by atoms with Gasteiger partial charge in [0.05, 0.1) is 12.7 Å². The van der Waals surface area contributed by atoms with Crippen molar-refractivity contribution in [2.75, 3.05) is 13.2 Å². The fourth-order valence-corrected chi connectivity index (χ4v) is 2.04. The lowest BCUT2D eigenvalue weighted by Gasteiger charge is -2.21. The maximum absolute atomic E-state index is 12.9. The van der Waals surface area contributed by atoms with Crippen molar-refractivity contribution in [3.8, 4) is 5.75 Å². The van der Waals surface area contributed by atoms with E-state index in [0.29, 0.717) is 25.4 Å². The van der Waals surface area contributed by atoms with Gasteiger partial charge in [-0.15, -0.1) is 0 Å². The van der Waals surface area contributed by atoms with Gasteiger partial charge in [0, 0.05) is 19.7 Å². The summed E-state index contributed by atoms with van der Waals surface area (Å²) in [6.45, 7) is 4.73. The molecule has 116 valence electrons. The van der Waals surface area contributed by atoms with Gasteiger partial charge in [-0.3, -0.25) is 9.78 Å². The first-order valence-corrected chi connectivity index (χ1v) is 7.09. The van der Waals surface area contributed by atoms with Crippen LogP contribution in [-0.2, 0) is 11.3 Å². The smallest absolute Gasteiger partial charge is 0.219 e. The number of benzene rings is 1. The number of pyridine rings is 1. The first-order valence-electron chi connectivity index (χ1n) is 7.09. The molecule has 22 heavy (non-hydrogen) atoms. The monoisotopic (exact) mass is 302 g/mol. The molecule has 1 aromatic carbocycles. The van der Waals surface area contributed by atoms with E-state index in [2.05, 4.69) is 4.98 Å². The number of hydrogen-bond acceptors (Lipinski definition) is 3. The molecule has 1 amide bonds. The molecule has 5 heteroatoms. The Labute approximate surface area is 129 Å². The van der Waals surface area contributed by atoms with Crippen molar-refractivity contribution in [3.05, 3.63) is 59.7 Å². The predicted octanol–water partition coefficient (Wildman–Crippen LogP) is 2.96. The summed E-state index contributed by atoms with van der Waals surface area (Å²) in [6.07, 6.45) is 3.40. The van der Waals surface area contributed by atoms with Crippen LogP contribution in [0.4, 0.5) is 4.39 Å². The summed E-state index contributed by atoms with van der Waals surface area (Å²) in [5.74, 6) is 0.356. The molecule has 0 atom stereocenters. The molecule has 0 aliphatic rings. The second kappa shape index (κ2) is 7.54. The number of rotatable bonds is 6. The zero-order valence-corrected chi connectivity index (χ0v) is 12.8. The third-order valence-corrected chi connectivity index (χ3v) is 3.21. The fourth-order valence-electron chi connectivity index (χ4n) is 2.04. The summed E-state index contributed by atoms with van der Waals surface area (Å²) < 4.78 is 18.5. The highest BCUT2D eigenvalue weighted by molar-refractivity contribution is 5.73. The number of carbonyl (C=O) groups is 1. The highest BCUT2D eigenvalue weighted by atomic mass is 19.1. The number of hydrogen-bond donors (Lipinski definition) is 0. The average Bonchev–Trinajstić information content (AvgIpc) is 2.48. The van der Waals surface area contributed by atoms with Crippen molar-refractivity contribution < 1.29 is 13.9 Å². The Kier molecular flexibility index (Phi) is 5.47. The van der Waals surface area contributed by atoms with Crippen LogP contribution in [0.15, 0.2) is 42.7 Å². The molecule has 2 aromatic rings. The third-order valence-electron chi connectivity index (χ3n) is 3.21. The van der Waals surface area contributed by atoms with Gasteiger partial charge in [0.25, 0.3) is 0 Å². The number of halogens is 1. The molecule has 4 nitrogen and oxygen atoms in total. The quantitative estimate of drug-likeness (QED) is 0.824. The van der Waals surface area contributed by atoms with Gasteiger partial charge in [-0.05, 0) is 36.2 Å². The van der Waals surface area contributed by atoms with E-state index in [1.807, 2.05) is 13.0 Å². The lowest BCUT2D eigenvalue weighted by atomic mass is 10.2. The fraction of sp³-hybridized carbons (Fsp3) is 0.294. The standard InChI is InChI=1S/C17H19FN2O2/c1-13-9-17(11-19-10-13)22-8-7-20(14(2)21)12-15-3-5-16(18)6-4-15/h3-6,9-11H,7-8,12H2,1-2H3. The van der Waals surface area contributed by atoms with E-state index in [-0.39, 0.29) is 11.7 Å². The summed E-state index contributed by atoms with van der Waals surface area (Å²) in [5, 5.41) is 0. The second-order valence-electron chi connectivity index (χ2n) is 5.11. The predicted molar refractivity (Wildman–Crippen MR) is 82.0 cm³/mol. The minimum absolute atomic E-state index is 0.0460. The van der Waals surface area contributed by atoms with Crippen LogP contribution in [0.25, 0.3) is 0 Å². The third kappa shape index (κ3) is 4.84. The van der Waals surface area contributed by atoms with Gasteiger partial charge in [-0.1, -0.05) is 12.1 Å². The molecule has 0 aliphatic heterocycles. The van der Waals surface area contributed by atoms with Gasteiger partial charge in [-0.2, -0.15) is 0 Å². The lowest BCUT2D eigenvalue weighted by Crippen LogP contribution is -2.32. The first-order chi connectivity index (χ1) is 10.5. The van der Waals surface area contributed by atoms with Crippen LogP contribution in [0.3, 0.4) is 0 Å². The van der Waals surface area contributed by atoms with E-state index < -0.39 is 0 Å². The molecule has 1 heterocycles. The van der Waals surface area contributed by atoms with Crippen LogP contribution in [-0.4, -0.2) is 28.9 Å². The van der Waals surface area contributed by atoms with Crippen molar-refractivity contribution >= 4 is 5.91 Å². The van der Waals surface area contributed by atoms with Crippen LogP contribution in [0, 0.1) is 12.7 Å². The second-order valence-corrected chi connectivity index (χ2v) is 5.11. The van der Waals surface area contributed by atoms with E-state index in [0.717, 1.165) is 11.1 Å². The van der Waals surface area contributed by atoms with E-state index >= 15 is 0 Å². The van der Waals surface area contributed by atoms with Gasteiger partial charge < -0.3 is 9.64 Å². The van der Waals surface area contributed by atoms with E-state index in [1.165, 1.54) is 19.1 Å². The largest absolute Gasteiger partial charge is 0.490 e. The number of nitrogens with zero attached hydrogens (tertiary/aromatic N) is 2. The minimum atomic E-state index is -0.284. The summed E-state index contributed by atoms with van der Waals surface area (Å²) in [5.41, 5.74) is 1.90. The summed E-state index contributed by atoms with van der Waals surface area (Å²) in [6, 6.07) is 8.03. The average molecular weight is 302 g/mol. The van der Waals surface area contributed by atoms with Crippen molar-refractivity contribution in [3.63, 3.8) is 0 Å². The molecule has 0 radical (unpaired) electrons. The van der Waals surface area contributed by atoms with Crippen LogP contribution in [0.2, 0.25) is 0 Å². The molecule has 0 N–H and O–H groups in total. The van der Waals surface area contributed by atoms with Crippen molar-refractivity contribution in [2.45, 2.75) is 20.4 Å². The van der Waals surface area contributed by atoms with Crippen LogP contribution >= 0.6 is 0 Å². The zero-order valence-electron chi connectivity index (χ0n) is 12.8. The SMILES string of the molecule is CC(=O)N(CCOc1cncc(C)c1)Cc1ccc(F)cc1. The Morgan fingerprint density at radius 2 is 2.00 bits per heavy atom. The van der Waals surface area contributed by atoms with Crippen molar-refractivity contribution in [1.82, 2.24) is 9.88 Å². The zero-order chi connectivity index (χ0) is 15.9. The number of carbonyl (C=O) groups excluding carboxylic acids is 1. The molecular weight excluding hydrogens is 283 g/mol. The molecule has 0 aliphatic carbocycles. The Balaban J connectivity index is 1.89. The van der Waals surface area contributed by atoms with E-state index in [4.69, 9.17) is 4.74 Å². The van der Waals surface area contributed by atoms with Gasteiger partial charge >= 0.3 is 0 Å². The maximum atomic E-state index is 12.9. The summed E-state index contributed by atoms with van der Waals surface area (Å²) in [4.78, 5) is 17.4. The molecule has 2 rings (SSSR count). The maximum Gasteiger partial charge on any atom is 0.219 e. The van der Waals surface area contributed by atoms with E-state index in [9.17, 15) is 9.18 Å². The minimum Gasteiger partial charge on any atom is -0.490 e. The van der Waals surface area contributed by atoms with E-state index in [1.54, 1.807) is 29.4 Å². The van der Waals surface area contributed by atoms with Crippen LogP contribution in [0.5, 0.6) is 5.75 Å². The first kappa shape index (κ1) is 15.9. The van der Waals surface area contributed by atoms with Gasteiger partial charge in [0.2, 0.25) is 5.91 Å². The Morgan fingerprint density at radius 1 is 1.27 bits per heavy atom. The molecule has 0 spiro atoms. The van der Waals surface area contributed by atoms with Gasteiger partial charge in [0.1, 0.15) is 18.2 Å². The lowest BCUT2D eigenvalue weighted by molar-refractivity contribution is -0.129. The highest BCUT2D eigenvalue weighted by Gasteiger charge is 2.10. The van der Waals surface area contributed by atoms with Crippen molar-refractivity contribution in [2.24, 2.45) is 0 Å². The molecule has 0 unspecified atom stereocenters. The van der Waals surface area contributed by atoms with Crippen LogP contribution < -0.4 is 4.74 Å². The molecule has 1 aromatic heterocycles. The molecule has 0 fully saturated rings. The normalized spacial score (nSPS) is 10.3.